The Labute approximate surface area is 128 Å². The summed E-state index contributed by atoms with van der Waals surface area (Å²) in [5, 5.41) is 2.81. The van der Waals surface area contributed by atoms with Gasteiger partial charge in [0, 0.05) is 44.4 Å². The smallest absolute Gasteiger partial charge is 0.291 e. The molecule has 0 saturated carbocycles. The minimum absolute atomic E-state index is 0.0543. The number of amides is 1. The van der Waals surface area contributed by atoms with Crippen molar-refractivity contribution >= 4 is 23.1 Å². The fraction of sp³-hybridized carbons (Fsp3) is 0.294. The molecule has 1 heterocycles. The predicted octanol–water partition coefficient (Wildman–Crippen LogP) is 3.12. The third-order valence-corrected chi connectivity index (χ3v) is 3.76. The number of furan rings is 1. The summed E-state index contributed by atoms with van der Waals surface area (Å²) in [6, 6.07) is 9.09. The van der Waals surface area contributed by atoms with Crippen LogP contribution in [-0.4, -0.2) is 25.8 Å². The summed E-state index contributed by atoms with van der Waals surface area (Å²) < 4.78 is 5.54. The number of carbonyl (C=O) groups excluding carboxylic acids is 2. The lowest BCUT2D eigenvalue weighted by atomic mass is 9.97. The summed E-state index contributed by atoms with van der Waals surface area (Å²) in [5.74, 6) is 0.538. The summed E-state index contributed by atoms with van der Waals surface area (Å²) in [6.07, 6.45) is 2.02. The Morgan fingerprint density at radius 3 is 2.77 bits per heavy atom. The second kappa shape index (κ2) is 5.67. The van der Waals surface area contributed by atoms with Crippen molar-refractivity contribution in [3.63, 3.8) is 0 Å². The highest BCUT2D eigenvalue weighted by Gasteiger charge is 2.24. The van der Waals surface area contributed by atoms with E-state index in [9.17, 15) is 9.59 Å². The molecule has 114 valence electrons. The maximum absolute atomic E-state index is 12.3. The Kier molecular flexibility index (Phi) is 3.71. The summed E-state index contributed by atoms with van der Waals surface area (Å²) >= 11 is 0. The van der Waals surface area contributed by atoms with Crippen molar-refractivity contribution in [2.24, 2.45) is 0 Å². The molecule has 5 nitrogen and oxygen atoms in total. The zero-order valence-electron chi connectivity index (χ0n) is 12.7. The lowest BCUT2D eigenvalue weighted by molar-refractivity contribution is 0.0963. The molecular formula is C17H18N2O3. The van der Waals surface area contributed by atoms with Gasteiger partial charge in [-0.3, -0.25) is 9.59 Å². The van der Waals surface area contributed by atoms with Crippen molar-refractivity contribution in [2.45, 2.75) is 19.3 Å². The minimum atomic E-state index is -0.335. The van der Waals surface area contributed by atoms with Crippen molar-refractivity contribution < 1.29 is 14.0 Å². The van der Waals surface area contributed by atoms with Crippen LogP contribution in [0.5, 0.6) is 0 Å². The average molecular weight is 298 g/mol. The SMILES string of the molecule is CN(C)c1cccc(NC(=O)c2cc3c(o2)CCCC3=O)c1. The number of benzene rings is 1. The zero-order valence-corrected chi connectivity index (χ0v) is 12.7. The van der Waals surface area contributed by atoms with Crippen LogP contribution in [0.1, 0.15) is 39.5 Å². The molecule has 1 aliphatic rings. The summed E-state index contributed by atoms with van der Waals surface area (Å²) in [5.41, 5.74) is 2.24. The van der Waals surface area contributed by atoms with Crippen LogP contribution < -0.4 is 10.2 Å². The van der Waals surface area contributed by atoms with Gasteiger partial charge in [-0.1, -0.05) is 6.07 Å². The number of hydrogen-bond acceptors (Lipinski definition) is 4. The first-order valence-electron chi connectivity index (χ1n) is 7.29. The number of ketones is 1. The van der Waals surface area contributed by atoms with Crippen molar-refractivity contribution in [1.82, 2.24) is 0 Å². The number of Topliss-reactive ketones (excluding diaryl/α,β-unsaturated/α-hetero) is 1. The highest BCUT2D eigenvalue weighted by Crippen LogP contribution is 2.25. The van der Waals surface area contributed by atoms with Crippen molar-refractivity contribution in [3.8, 4) is 0 Å². The number of nitrogens with one attached hydrogen (secondary N) is 1. The standard InChI is InChI=1S/C17H18N2O3/c1-19(2)12-6-3-5-11(9-12)18-17(21)16-10-13-14(20)7-4-8-15(13)22-16/h3,5-6,9-10H,4,7-8H2,1-2H3,(H,18,21). The van der Waals surface area contributed by atoms with Gasteiger partial charge in [0.05, 0.1) is 5.56 Å². The number of fused-ring (bicyclic) bond motifs is 1. The first kappa shape index (κ1) is 14.4. The third-order valence-electron chi connectivity index (χ3n) is 3.76. The molecule has 2 aromatic rings. The first-order valence-corrected chi connectivity index (χ1v) is 7.29. The first-order chi connectivity index (χ1) is 10.5. The number of carbonyl (C=O) groups is 2. The van der Waals surface area contributed by atoms with Gasteiger partial charge in [0.2, 0.25) is 0 Å². The van der Waals surface area contributed by atoms with Crippen LogP contribution in [0.4, 0.5) is 11.4 Å². The van der Waals surface area contributed by atoms with E-state index in [0.29, 0.717) is 29.9 Å². The van der Waals surface area contributed by atoms with Crippen molar-refractivity contribution in [2.75, 3.05) is 24.3 Å². The lowest BCUT2D eigenvalue weighted by Crippen LogP contribution is -2.12. The van der Waals surface area contributed by atoms with E-state index >= 15 is 0 Å². The molecule has 3 rings (SSSR count). The quantitative estimate of drug-likeness (QED) is 0.945. The Hall–Kier alpha value is -2.56. The van der Waals surface area contributed by atoms with E-state index in [2.05, 4.69) is 5.32 Å². The second-order valence-electron chi connectivity index (χ2n) is 5.62. The molecule has 1 aliphatic carbocycles. The van der Waals surface area contributed by atoms with E-state index in [4.69, 9.17) is 4.42 Å². The van der Waals surface area contributed by atoms with E-state index in [1.54, 1.807) is 6.07 Å². The number of nitrogens with zero attached hydrogens (tertiary/aromatic N) is 1. The average Bonchev–Trinajstić information content (AvgIpc) is 2.93. The molecule has 0 saturated heterocycles. The molecule has 1 N–H and O–H groups in total. The number of hydrogen-bond donors (Lipinski definition) is 1. The van der Waals surface area contributed by atoms with Crippen LogP contribution >= 0.6 is 0 Å². The van der Waals surface area contributed by atoms with Crippen molar-refractivity contribution in [3.05, 3.63) is 47.4 Å². The Bertz CT molecular complexity index is 731. The van der Waals surface area contributed by atoms with Gasteiger partial charge in [0.1, 0.15) is 5.76 Å². The summed E-state index contributed by atoms with van der Waals surface area (Å²) in [4.78, 5) is 26.1. The van der Waals surface area contributed by atoms with Crippen LogP contribution in [0.3, 0.4) is 0 Å². The van der Waals surface area contributed by atoms with E-state index in [1.165, 1.54) is 0 Å². The van der Waals surface area contributed by atoms with Crippen molar-refractivity contribution in [1.29, 1.82) is 0 Å². The number of anilines is 2. The Morgan fingerprint density at radius 1 is 1.23 bits per heavy atom. The minimum Gasteiger partial charge on any atom is -0.455 e. The Balaban J connectivity index is 1.80. The van der Waals surface area contributed by atoms with Gasteiger partial charge in [-0.2, -0.15) is 0 Å². The fourth-order valence-electron chi connectivity index (χ4n) is 2.56. The molecule has 22 heavy (non-hydrogen) atoms. The molecule has 1 aromatic heterocycles. The van der Waals surface area contributed by atoms with Crippen LogP contribution in [-0.2, 0) is 6.42 Å². The molecule has 0 spiro atoms. The summed E-state index contributed by atoms with van der Waals surface area (Å²) in [6.45, 7) is 0. The molecule has 0 atom stereocenters. The summed E-state index contributed by atoms with van der Waals surface area (Å²) in [7, 11) is 3.88. The molecule has 0 fully saturated rings. The molecule has 5 heteroatoms. The van der Waals surface area contributed by atoms with Gasteiger partial charge in [-0.25, -0.2) is 0 Å². The predicted molar refractivity (Wildman–Crippen MR) is 84.7 cm³/mol. The van der Waals surface area contributed by atoms with Gasteiger partial charge < -0.3 is 14.6 Å². The van der Waals surface area contributed by atoms with Gasteiger partial charge >= 0.3 is 0 Å². The third kappa shape index (κ3) is 2.74. The maximum atomic E-state index is 12.3. The highest BCUT2D eigenvalue weighted by molar-refractivity contribution is 6.05. The van der Waals surface area contributed by atoms with Crippen LogP contribution in [0.25, 0.3) is 0 Å². The topological polar surface area (TPSA) is 62.6 Å². The molecule has 0 bridgehead atoms. The molecule has 0 unspecified atom stereocenters. The molecule has 0 radical (unpaired) electrons. The van der Waals surface area contributed by atoms with Crippen LogP contribution in [0, 0.1) is 0 Å². The Morgan fingerprint density at radius 2 is 2.05 bits per heavy atom. The van der Waals surface area contributed by atoms with Crippen LogP contribution in [0.2, 0.25) is 0 Å². The van der Waals surface area contributed by atoms with Gasteiger partial charge in [-0.15, -0.1) is 0 Å². The number of rotatable bonds is 3. The monoisotopic (exact) mass is 298 g/mol. The van der Waals surface area contributed by atoms with E-state index in [0.717, 1.165) is 12.1 Å². The zero-order chi connectivity index (χ0) is 15.7. The molecule has 1 amide bonds. The van der Waals surface area contributed by atoms with Gasteiger partial charge in [-0.05, 0) is 24.6 Å². The second-order valence-corrected chi connectivity index (χ2v) is 5.62. The van der Waals surface area contributed by atoms with E-state index < -0.39 is 0 Å². The van der Waals surface area contributed by atoms with Crippen LogP contribution in [0.15, 0.2) is 34.7 Å². The van der Waals surface area contributed by atoms with E-state index in [-0.39, 0.29) is 17.5 Å². The molecule has 1 aromatic carbocycles. The normalized spacial score (nSPS) is 13.6. The molecule has 0 aliphatic heterocycles. The molecular weight excluding hydrogens is 280 g/mol. The number of aryl methyl sites for hydroxylation is 1. The lowest BCUT2D eigenvalue weighted by Gasteiger charge is -2.13. The van der Waals surface area contributed by atoms with Gasteiger partial charge in [0.15, 0.2) is 11.5 Å². The maximum Gasteiger partial charge on any atom is 0.291 e. The highest BCUT2D eigenvalue weighted by atomic mass is 16.4. The van der Waals surface area contributed by atoms with E-state index in [1.807, 2.05) is 43.3 Å². The van der Waals surface area contributed by atoms with Gasteiger partial charge in [0.25, 0.3) is 5.91 Å². The largest absolute Gasteiger partial charge is 0.455 e. The fourth-order valence-corrected chi connectivity index (χ4v) is 2.56.